The van der Waals surface area contributed by atoms with Gasteiger partial charge >= 0.3 is 5.97 Å². The highest BCUT2D eigenvalue weighted by Crippen LogP contribution is 2.33. The number of hydrogen-bond donors (Lipinski definition) is 0. The van der Waals surface area contributed by atoms with Crippen molar-refractivity contribution in [2.24, 2.45) is 11.0 Å². The Bertz CT molecular complexity index is 924. The van der Waals surface area contributed by atoms with E-state index in [9.17, 15) is 9.59 Å². The maximum absolute atomic E-state index is 13.0. The minimum atomic E-state index is -0.319. The summed E-state index contributed by atoms with van der Waals surface area (Å²) in [5.74, 6) is 1.76. The number of esters is 1. The molecule has 1 saturated heterocycles. The SMILES string of the molecule is COc1ccc([C@@H]2CC(c3ccccc3)=NN2C(=O)COC(=O)[C@H]2CCSC2)cc1. The lowest BCUT2D eigenvalue weighted by atomic mass is 9.98. The average Bonchev–Trinajstić information content (AvgIpc) is 3.48. The number of ether oxygens (including phenoxy) is 2. The van der Waals surface area contributed by atoms with Gasteiger partial charge in [-0.05, 0) is 35.4 Å². The molecule has 0 spiro atoms. The molecule has 0 aromatic heterocycles. The van der Waals surface area contributed by atoms with E-state index in [-0.39, 0.29) is 30.4 Å². The fourth-order valence-electron chi connectivity index (χ4n) is 3.67. The molecule has 0 unspecified atom stereocenters. The van der Waals surface area contributed by atoms with Gasteiger partial charge in [0.15, 0.2) is 6.61 Å². The summed E-state index contributed by atoms with van der Waals surface area (Å²) in [7, 11) is 1.62. The lowest BCUT2D eigenvalue weighted by Crippen LogP contribution is -2.32. The first kappa shape index (κ1) is 20.5. The molecule has 1 amide bonds. The number of methoxy groups -OCH3 is 1. The van der Waals surface area contributed by atoms with Crippen molar-refractivity contribution in [3.05, 3.63) is 65.7 Å². The van der Waals surface area contributed by atoms with Crippen molar-refractivity contribution in [1.29, 1.82) is 0 Å². The third-order valence-corrected chi connectivity index (χ3v) is 6.54. The van der Waals surface area contributed by atoms with Gasteiger partial charge in [-0.15, -0.1) is 0 Å². The number of thioether (sulfide) groups is 1. The largest absolute Gasteiger partial charge is 0.497 e. The molecule has 2 heterocycles. The summed E-state index contributed by atoms with van der Waals surface area (Å²) in [6, 6.07) is 17.2. The van der Waals surface area contributed by atoms with Crippen LogP contribution >= 0.6 is 11.8 Å². The van der Waals surface area contributed by atoms with Gasteiger partial charge in [0.1, 0.15) is 5.75 Å². The quantitative estimate of drug-likeness (QED) is 0.662. The summed E-state index contributed by atoms with van der Waals surface area (Å²) in [5.41, 5.74) is 2.77. The van der Waals surface area contributed by atoms with Gasteiger partial charge in [-0.25, -0.2) is 5.01 Å². The minimum absolute atomic E-state index is 0.109. The summed E-state index contributed by atoms with van der Waals surface area (Å²) < 4.78 is 10.6. The molecule has 0 bridgehead atoms. The van der Waals surface area contributed by atoms with Crippen LogP contribution in [0.4, 0.5) is 0 Å². The molecule has 30 heavy (non-hydrogen) atoms. The van der Waals surface area contributed by atoms with Gasteiger partial charge in [-0.3, -0.25) is 9.59 Å². The fourth-order valence-corrected chi connectivity index (χ4v) is 4.87. The van der Waals surface area contributed by atoms with Crippen LogP contribution in [-0.4, -0.2) is 47.8 Å². The summed E-state index contributed by atoms with van der Waals surface area (Å²) in [5, 5.41) is 6.07. The predicted octanol–water partition coefficient (Wildman–Crippen LogP) is 3.67. The van der Waals surface area contributed by atoms with Crippen molar-refractivity contribution in [3.8, 4) is 5.75 Å². The highest BCUT2D eigenvalue weighted by molar-refractivity contribution is 7.99. The molecule has 0 radical (unpaired) electrons. The van der Waals surface area contributed by atoms with Gasteiger partial charge in [-0.2, -0.15) is 16.9 Å². The Morgan fingerprint density at radius 2 is 1.90 bits per heavy atom. The van der Waals surface area contributed by atoms with Crippen LogP contribution in [0.3, 0.4) is 0 Å². The third kappa shape index (κ3) is 4.51. The second kappa shape index (κ2) is 9.34. The van der Waals surface area contributed by atoms with Crippen LogP contribution in [0.15, 0.2) is 59.7 Å². The van der Waals surface area contributed by atoms with Crippen molar-refractivity contribution < 1.29 is 19.1 Å². The molecule has 2 aliphatic heterocycles. The lowest BCUT2D eigenvalue weighted by Gasteiger charge is -2.22. The molecule has 2 aromatic carbocycles. The molecule has 0 aliphatic carbocycles. The van der Waals surface area contributed by atoms with E-state index >= 15 is 0 Å². The van der Waals surface area contributed by atoms with Crippen molar-refractivity contribution >= 4 is 29.4 Å². The van der Waals surface area contributed by atoms with Crippen LogP contribution in [0.5, 0.6) is 5.75 Å². The zero-order valence-electron chi connectivity index (χ0n) is 16.8. The van der Waals surface area contributed by atoms with Crippen LogP contribution in [-0.2, 0) is 14.3 Å². The second-order valence-corrected chi connectivity index (χ2v) is 8.46. The average molecular weight is 425 g/mol. The Morgan fingerprint density at radius 3 is 2.57 bits per heavy atom. The summed E-state index contributed by atoms with van der Waals surface area (Å²) in [6.45, 7) is -0.293. The van der Waals surface area contributed by atoms with Gasteiger partial charge in [0.25, 0.3) is 5.91 Å². The summed E-state index contributed by atoms with van der Waals surface area (Å²) >= 11 is 1.74. The molecule has 4 rings (SSSR count). The van der Waals surface area contributed by atoms with Crippen molar-refractivity contribution in [3.63, 3.8) is 0 Å². The maximum Gasteiger partial charge on any atom is 0.310 e. The van der Waals surface area contributed by atoms with Crippen LogP contribution < -0.4 is 4.74 Å². The number of hydrogen-bond acceptors (Lipinski definition) is 6. The van der Waals surface area contributed by atoms with E-state index in [0.29, 0.717) is 6.42 Å². The first-order chi connectivity index (χ1) is 14.7. The number of amides is 1. The molecule has 6 nitrogen and oxygen atoms in total. The smallest absolute Gasteiger partial charge is 0.310 e. The Labute approximate surface area is 180 Å². The highest BCUT2D eigenvalue weighted by Gasteiger charge is 2.34. The zero-order chi connectivity index (χ0) is 20.9. The van der Waals surface area contributed by atoms with Gasteiger partial charge in [-0.1, -0.05) is 42.5 Å². The van der Waals surface area contributed by atoms with Crippen LogP contribution in [0.25, 0.3) is 0 Å². The zero-order valence-corrected chi connectivity index (χ0v) is 17.6. The minimum Gasteiger partial charge on any atom is -0.497 e. The fraction of sp³-hybridized carbons (Fsp3) is 0.348. The standard InChI is InChI=1S/C23H24N2O4S/c1-28-19-9-7-17(8-10-19)21-13-20(16-5-3-2-4-6-16)24-25(21)22(26)14-29-23(27)18-11-12-30-15-18/h2-10,18,21H,11-15H2,1H3/t18-,21-/m0/s1. The monoisotopic (exact) mass is 424 g/mol. The van der Waals surface area contributed by atoms with E-state index in [1.807, 2.05) is 54.6 Å². The van der Waals surface area contributed by atoms with E-state index in [1.165, 1.54) is 5.01 Å². The molecule has 1 fully saturated rings. The van der Waals surface area contributed by atoms with E-state index < -0.39 is 0 Å². The highest BCUT2D eigenvalue weighted by atomic mass is 32.2. The lowest BCUT2D eigenvalue weighted by molar-refractivity contribution is -0.155. The number of carbonyl (C=O) groups is 2. The summed E-state index contributed by atoms with van der Waals surface area (Å²) in [4.78, 5) is 25.2. The number of nitrogens with zero attached hydrogens (tertiary/aromatic N) is 2. The van der Waals surface area contributed by atoms with Crippen molar-refractivity contribution in [2.45, 2.75) is 18.9 Å². The maximum atomic E-state index is 13.0. The van der Waals surface area contributed by atoms with Crippen LogP contribution in [0.2, 0.25) is 0 Å². The van der Waals surface area contributed by atoms with Crippen LogP contribution in [0.1, 0.15) is 30.0 Å². The molecule has 0 N–H and O–H groups in total. The van der Waals surface area contributed by atoms with E-state index in [0.717, 1.165) is 40.5 Å². The Hall–Kier alpha value is -2.80. The van der Waals surface area contributed by atoms with Crippen molar-refractivity contribution in [1.82, 2.24) is 5.01 Å². The van der Waals surface area contributed by atoms with Crippen LogP contribution in [0, 0.1) is 5.92 Å². The normalized spacial score (nSPS) is 20.7. The Kier molecular flexibility index (Phi) is 6.38. The second-order valence-electron chi connectivity index (χ2n) is 7.31. The van der Waals surface area contributed by atoms with Gasteiger partial charge in [0.2, 0.25) is 0 Å². The Balaban J connectivity index is 1.52. The molecular formula is C23H24N2O4S. The van der Waals surface area contributed by atoms with Gasteiger partial charge < -0.3 is 9.47 Å². The van der Waals surface area contributed by atoms with E-state index in [4.69, 9.17) is 9.47 Å². The number of benzene rings is 2. The van der Waals surface area contributed by atoms with E-state index in [1.54, 1.807) is 18.9 Å². The number of carbonyl (C=O) groups excluding carboxylic acids is 2. The number of rotatable bonds is 6. The van der Waals surface area contributed by atoms with E-state index in [2.05, 4.69) is 5.10 Å². The Morgan fingerprint density at radius 1 is 1.13 bits per heavy atom. The topological polar surface area (TPSA) is 68.2 Å². The third-order valence-electron chi connectivity index (χ3n) is 5.37. The van der Waals surface area contributed by atoms with Gasteiger partial charge in [0.05, 0.1) is 24.8 Å². The number of hydrazone groups is 1. The molecule has 2 aromatic rings. The van der Waals surface area contributed by atoms with Gasteiger partial charge in [0, 0.05) is 12.2 Å². The van der Waals surface area contributed by atoms with Crippen molar-refractivity contribution in [2.75, 3.05) is 25.2 Å². The molecule has 0 saturated carbocycles. The first-order valence-electron chi connectivity index (χ1n) is 9.99. The molecular weight excluding hydrogens is 400 g/mol. The predicted molar refractivity (Wildman–Crippen MR) is 117 cm³/mol. The summed E-state index contributed by atoms with van der Waals surface area (Å²) in [6.07, 6.45) is 1.40. The molecule has 156 valence electrons. The molecule has 2 aliphatic rings. The first-order valence-corrected chi connectivity index (χ1v) is 11.1. The molecule has 2 atom stereocenters. The molecule has 7 heteroatoms.